The predicted molar refractivity (Wildman–Crippen MR) is 125 cm³/mol. The van der Waals surface area contributed by atoms with Crippen molar-refractivity contribution in [2.45, 2.75) is 18.7 Å². The van der Waals surface area contributed by atoms with Crippen LogP contribution in [0.2, 0.25) is 0 Å². The van der Waals surface area contributed by atoms with Gasteiger partial charge in [-0.2, -0.15) is 13.7 Å². The Balaban J connectivity index is 1.76. The molecule has 0 bridgehead atoms. The Bertz CT molecular complexity index is 1310. The SMILES string of the molecule is CCOc1ccc(NC(=O)/C(C#N)=C\c2cccc(OS(=O)(=O)c3ccc(C)cc3)c2)cc1. The van der Waals surface area contributed by atoms with Gasteiger partial charge in [-0.25, -0.2) is 0 Å². The second kappa shape index (κ2) is 10.5. The highest BCUT2D eigenvalue weighted by Crippen LogP contribution is 2.22. The summed E-state index contributed by atoms with van der Waals surface area (Å²) >= 11 is 0. The van der Waals surface area contributed by atoms with E-state index in [0.29, 0.717) is 23.6 Å². The molecule has 1 N–H and O–H groups in total. The van der Waals surface area contributed by atoms with Crippen molar-refractivity contribution in [3.63, 3.8) is 0 Å². The largest absolute Gasteiger partial charge is 0.494 e. The highest BCUT2D eigenvalue weighted by Gasteiger charge is 2.17. The standard InChI is InChI=1S/C25H22N2O5S/c1-3-31-22-11-9-21(10-12-22)27-25(28)20(17-26)15-19-5-4-6-23(16-19)32-33(29,30)24-13-7-18(2)8-14-24/h4-16H,3H2,1-2H3,(H,27,28)/b20-15-. The summed E-state index contributed by atoms with van der Waals surface area (Å²) in [5.74, 6) is 0.137. The van der Waals surface area contributed by atoms with Gasteiger partial charge in [0.15, 0.2) is 0 Å². The van der Waals surface area contributed by atoms with Crippen molar-refractivity contribution in [1.82, 2.24) is 0 Å². The molecule has 0 aliphatic rings. The van der Waals surface area contributed by atoms with E-state index in [0.717, 1.165) is 5.56 Å². The Morgan fingerprint density at radius 2 is 1.73 bits per heavy atom. The number of amides is 1. The maximum absolute atomic E-state index is 12.5. The average molecular weight is 463 g/mol. The Morgan fingerprint density at radius 1 is 1.03 bits per heavy atom. The van der Waals surface area contributed by atoms with E-state index in [9.17, 15) is 18.5 Å². The summed E-state index contributed by atoms with van der Waals surface area (Å²) in [6, 6.07) is 21.0. The summed E-state index contributed by atoms with van der Waals surface area (Å²) in [5.41, 5.74) is 1.71. The smallest absolute Gasteiger partial charge is 0.339 e. The summed E-state index contributed by atoms with van der Waals surface area (Å²) < 4.78 is 35.6. The van der Waals surface area contributed by atoms with Gasteiger partial charge >= 0.3 is 10.1 Å². The van der Waals surface area contributed by atoms with E-state index in [-0.39, 0.29) is 16.2 Å². The quantitative estimate of drug-likeness (QED) is 0.295. The fraction of sp³-hybridized carbons (Fsp3) is 0.120. The minimum Gasteiger partial charge on any atom is -0.494 e. The molecule has 0 atom stereocenters. The lowest BCUT2D eigenvalue weighted by atomic mass is 10.1. The third-order valence-electron chi connectivity index (χ3n) is 4.47. The van der Waals surface area contributed by atoms with Crippen molar-refractivity contribution in [1.29, 1.82) is 5.26 Å². The van der Waals surface area contributed by atoms with Crippen LogP contribution in [0.3, 0.4) is 0 Å². The molecule has 0 fully saturated rings. The van der Waals surface area contributed by atoms with Crippen LogP contribution in [-0.2, 0) is 14.9 Å². The molecule has 0 heterocycles. The molecule has 0 radical (unpaired) electrons. The zero-order chi connectivity index (χ0) is 23.8. The zero-order valence-electron chi connectivity index (χ0n) is 18.1. The Kier molecular flexibility index (Phi) is 7.49. The zero-order valence-corrected chi connectivity index (χ0v) is 18.9. The lowest BCUT2D eigenvalue weighted by Gasteiger charge is -2.08. The van der Waals surface area contributed by atoms with Gasteiger partial charge in [-0.3, -0.25) is 4.79 Å². The van der Waals surface area contributed by atoms with Crippen molar-refractivity contribution in [2.75, 3.05) is 11.9 Å². The Labute approximate surface area is 193 Å². The van der Waals surface area contributed by atoms with Crippen LogP contribution in [0.15, 0.2) is 83.3 Å². The molecule has 3 aromatic carbocycles. The number of anilines is 1. The third-order valence-corrected chi connectivity index (χ3v) is 5.73. The number of rotatable bonds is 8. The van der Waals surface area contributed by atoms with E-state index in [1.807, 2.05) is 19.9 Å². The predicted octanol–water partition coefficient (Wildman–Crippen LogP) is 4.71. The molecule has 0 aliphatic heterocycles. The van der Waals surface area contributed by atoms with Gasteiger partial charge in [0.2, 0.25) is 0 Å². The summed E-state index contributed by atoms with van der Waals surface area (Å²) in [7, 11) is -4.02. The molecule has 0 spiro atoms. The molecule has 33 heavy (non-hydrogen) atoms. The topological polar surface area (TPSA) is 105 Å². The number of ether oxygens (including phenoxy) is 1. The van der Waals surface area contributed by atoms with Gasteiger partial charge in [-0.1, -0.05) is 29.8 Å². The minimum absolute atomic E-state index is 0.0292. The number of hydrogen-bond donors (Lipinski definition) is 1. The van der Waals surface area contributed by atoms with Gasteiger partial charge in [0.05, 0.1) is 6.61 Å². The van der Waals surface area contributed by atoms with E-state index in [2.05, 4.69) is 5.32 Å². The number of carbonyl (C=O) groups excluding carboxylic acids is 1. The van der Waals surface area contributed by atoms with Gasteiger partial charge in [0, 0.05) is 5.69 Å². The molecule has 0 saturated heterocycles. The molecule has 8 heteroatoms. The summed E-state index contributed by atoms with van der Waals surface area (Å²) in [6.45, 7) is 4.26. The van der Waals surface area contributed by atoms with Crippen LogP contribution in [0, 0.1) is 18.3 Å². The number of carbonyl (C=O) groups is 1. The highest BCUT2D eigenvalue weighted by atomic mass is 32.2. The third kappa shape index (κ3) is 6.45. The molecule has 0 unspecified atom stereocenters. The van der Waals surface area contributed by atoms with E-state index in [1.165, 1.54) is 30.3 Å². The van der Waals surface area contributed by atoms with Crippen LogP contribution in [0.5, 0.6) is 11.5 Å². The molecule has 0 saturated carbocycles. The normalized spacial score (nSPS) is 11.4. The van der Waals surface area contributed by atoms with Crippen molar-refractivity contribution in [3.8, 4) is 17.6 Å². The number of hydrogen-bond acceptors (Lipinski definition) is 6. The van der Waals surface area contributed by atoms with E-state index < -0.39 is 16.0 Å². The van der Waals surface area contributed by atoms with Gasteiger partial charge in [0.25, 0.3) is 5.91 Å². The molecular weight excluding hydrogens is 440 g/mol. The van der Waals surface area contributed by atoms with Crippen LogP contribution in [-0.4, -0.2) is 20.9 Å². The van der Waals surface area contributed by atoms with Crippen LogP contribution < -0.4 is 14.2 Å². The second-order valence-corrected chi connectivity index (χ2v) is 8.55. The molecule has 7 nitrogen and oxygen atoms in total. The number of nitriles is 1. The van der Waals surface area contributed by atoms with Gasteiger partial charge in [-0.05, 0) is 74.0 Å². The van der Waals surface area contributed by atoms with Crippen molar-refractivity contribution >= 4 is 27.8 Å². The molecule has 1 amide bonds. The van der Waals surface area contributed by atoms with Gasteiger partial charge in [0.1, 0.15) is 28.0 Å². The van der Waals surface area contributed by atoms with E-state index in [1.54, 1.807) is 48.5 Å². The minimum atomic E-state index is -4.02. The lowest BCUT2D eigenvalue weighted by Crippen LogP contribution is -2.13. The summed E-state index contributed by atoms with van der Waals surface area (Å²) in [5, 5.41) is 12.1. The monoisotopic (exact) mass is 462 g/mol. The molecule has 0 aromatic heterocycles. The first kappa shape index (κ1) is 23.6. The fourth-order valence-corrected chi connectivity index (χ4v) is 3.77. The van der Waals surface area contributed by atoms with Crippen molar-refractivity contribution in [3.05, 3.63) is 89.5 Å². The molecule has 3 rings (SSSR count). The second-order valence-electron chi connectivity index (χ2n) is 7.00. The summed E-state index contributed by atoms with van der Waals surface area (Å²) in [4.78, 5) is 12.6. The maximum Gasteiger partial charge on any atom is 0.339 e. The van der Waals surface area contributed by atoms with Crippen LogP contribution in [0.4, 0.5) is 5.69 Å². The van der Waals surface area contributed by atoms with E-state index >= 15 is 0 Å². The van der Waals surface area contributed by atoms with Gasteiger partial charge < -0.3 is 14.2 Å². The first-order chi connectivity index (χ1) is 15.8. The fourth-order valence-electron chi connectivity index (χ4n) is 2.85. The highest BCUT2D eigenvalue weighted by molar-refractivity contribution is 7.87. The first-order valence-corrected chi connectivity index (χ1v) is 11.5. The first-order valence-electron chi connectivity index (χ1n) is 10.1. The molecule has 3 aromatic rings. The van der Waals surface area contributed by atoms with Crippen LogP contribution in [0.1, 0.15) is 18.1 Å². The van der Waals surface area contributed by atoms with Crippen LogP contribution >= 0.6 is 0 Å². The molecule has 0 aliphatic carbocycles. The maximum atomic E-state index is 12.5. The molecular formula is C25H22N2O5S. The average Bonchev–Trinajstić information content (AvgIpc) is 2.79. The van der Waals surface area contributed by atoms with Crippen molar-refractivity contribution in [2.24, 2.45) is 0 Å². The van der Waals surface area contributed by atoms with Gasteiger partial charge in [-0.15, -0.1) is 0 Å². The number of benzene rings is 3. The Hall–Kier alpha value is -4.09. The van der Waals surface area contributed by atoms with Crippen molar-refractivity contribution < 1.29 is 22.1 Å². The van der Waals surface area contributed by atoms with E-state index in [4.69, 9.17) is 8.92 Å². The number of nitrogens with zero attached hydrogens (tertiary/aromatic N) is 1. The Morgan fingerprint density at radius 3 is 2.36 bits per heavy atom. The lowest BCUT2D eigenvalue weighted by molar-refractivity contribution is -0.112. The summed E-state index contributed by atoms with van der Waals surface area (Å²) in [6.07, 6.45) is 1.36. The number of aryl methyl sites for hydroxylation is 1. The number of nitrogens with one attached hydrogen (secondary N) is 1. The molecule has 168 valence electrons. The van der Waals surface area contributed by atoms with Crippen LogP contribution in [0.25, 0.3) is 6.08 Å².